The highest BCUT2D eigenvalue weighted by Crippen LogP contribution is 2.38. The fraction of sp³-hybridized carbons (Fsp3) is 0.385. The molecular formula is C13H15N3OS. The highest BCUT2D eigenvalue weighted by Gasteiger charge is 2.28. The third-order valence-electron chi connectivity index (χ3n) is 2.95. The van der Waals surface area contributed by atoms with Crippen molar-refractivity contribution >= 4 is 17.4 Å². The Morgan fingerprint density at radius 1 is 1.44 bits per heavy atom. The van der Waals surface area contributed by atoms with Crippen molar-refractivity contribution in [1.82, 2.24) is 10.1 Å². The van der Waals surface area contributed by atoms with Gasteiger partial charge in [-0.25, -0.2) is 0 Å². The van der Waals surface area contributed by atoms with E-state index in [0.29, 0.717) is 17.6 Å². The molecule has 0 spiro atoms. The van der Waals surface area contributed by atoms with Gasteiger partial charge in [-0.3, -0.25) is 0 Å². The van der Waals surface area contributed by atoms with E-state index in [4.69, 9.17) is 10.3 Å². The van der Waals surface area contributed by atoms with Crippen LogP contribution in [0.1, 0.15) is 36.0 Å². The second kappa shape index (κ2) is 4.65. The minimum atomic E-state index is 0.538. The molecule has 0 aliphatic heterocycles. The molecule has 2 N–H and O–H groups in total. The lowest BCUT2D eigenvalue weighted by Gasteiger charge is -2.04. The molecule has 1 fully saturated rings. The first-order chi connectivity index (χ1) is 8.72. The van der Waals surface area contributed by atoms with E-state index in [2.05, 4.69) is 23.1 Å². The highest BCUT2D eigenvalue weighted by molar-refractivity contribution is 7.98. The van der Waals surface area contributed by atoms with Crippen LogP contribution in [-0.2, 0) is 5.75 Å². The molecule has 4 nitrogen and oxygen atoms in total. The molecular weight excluding hydrogens is 246 g/mol. The maximum absolute atomic E-state index is 5.93. The number of thioether (sulfide) groups is 1. The van der Waals surface area contributed by atoms with Gasteiger partial charge in [-0.2, -0.15) is 4.98 Å². The van der Waals surface area contributed by atoms with E-state index in [1.54, 1.807) is 11.8 Å². The summed E-state index contributed by atoms with van der Waals surface area (Å²) in [5.41, 5.74) is 7.93. The SMILES string of the molecule is Cc1ccc(N)c(SCc2nc(C3CC3)no2)c1. The Kier molecular flexibility index (Phi) is 2.99. The number of aryl methyl sites for hydroxylation is 1. The van der Waals surface area contributed by atoms with Crippen LogP contribution in [0.15, 0.2) is 27.6 Å². The summed E-state index contributed by atoms with van der Waals surface area (Å²) in [5.74, 6) is 2.76. The fourth-order valence-corrected chi connectivity index (χ4v) is 2.64. The number of hydrogen-bond acceptors (Lipinski definition) is 5. The molecule has 1 aliphatic rings. The average molecular weight is 261 g/mol. The summed E-state index contributed by atoms with van der Waals surface area (Å²) in [6, 6.07) is 6.02. The number of hydrogen-bond donors (Lipinski definition) is 1. The quantitative estimate of drug-likeness (QED) is 0.676. The van der Waals surface area contributed by atoms with Crippen LogP contribution in [0.3, 0.4) is 0 Å². The van der Waals surface area contributed by atoms with Crippen LogP contribution >= 0.6 is 11.8 Å². The van der Waals surface area contributed by atoms with Crippen molar-refractivity contribution in [3.05, 3.63) is 35.5 Å². The molecule has 1 aliphatic carbocycles. The first-order valence-corrected chi connectivity index (χ1v) is 7.02. The Labute approximate surface area is 110 Å². The molecule has 94 valence electrons. The van der Waals surface area contributed by atoms with Crippen LogP contribution in [0.25, 0.3) is 0 Å². The van der Waals surface area contributed by atoms with Gasteiger partial charge in [0.2, 0.25) is 5.89 Å². The number of nitrogens with two attached hydrogens (primary N) is 1. The van der Waals surface area contributed by atoms with Gasteiger partial charge in [0.15, 0.2) is 5.82 Å². The molecule has 1 heterocycles. The Morgan fingerprint density at radius 3 is 3.06 bits per heavy atom. The van der Waals surface area contributed by atoms with E-state index in [-0.39, 0.29) is 0 Å². The topological polar surface area (TPSA) is 64.9 Å². The largest absolute Gasteiger partial charge is 0.398 e. The van der Waals surface area contributed by atoms with Crippen LogP contribution in [0.5, 0.6) is 0 Å². The zero-order valence-electron chi connectivity index (χ0n) is 10.2. The molecule has 3 rings (SSSR count). The van der Waals surface area contributed by atoms with Gasteiger partial charge in [-0.05, 0) is 37.5 Å². The van der Waals surface area contributed by atoms with Crippen molar-refractivity contribution in [1.29, 1.82) is 0 Å². The van der Waals surface area contributed by atoms with Crippen molar-refractivity contribution in [2.45, 2.75) is 36.3 Å². The van der Waals surface area contributed by atoms with E-state index in [1.807, 2.05) is 12.1 Å². The summed E-state index contributed by atoms with van der Waals surface area (Å²) in [6.07, 6.45) is 2.38. The van der Waals surface area contributed by atoms with Crippen molar-refractivity contribution in [3.63, 3.8) is 0 Å². The van der Waals surface area contributed by atoms with E-state index >= 15 is 0 Å². The first kappa shape index (κ1) is 11.6. The maximum atomic E-state index is 5.93. The second-order valence-electron chi connectivity index (χ2n) is 4.65. The third kappa shape index (κ3) is 2.51. The zero-order chi connectivity index (χ0) is 12.5. The van der Waals surface area contributed by atoms with Gasteiger partial charge in [0.05, 0.1) is 5.75 Å². The van der Waals surface area contributed by atoms with Gasteiger partial charge in [0, 0.05) is 16.5 Å². The normalized spacial score (nSPS) is 14.9. The van der Waals surface area contributed by atoms with Crippen LogP contribution in [-0.4, -0.2) is 10.1 Å². The maximum Gasteiger partial charge on any atom is 0.237 e. The molecule has 2 aromatic rings. The Bertz CT molecular complexity index is 563. The predicted octanol–water partition coefficient (Wildman–Crippen LogP) is 3.13. The highest BCUT2D eigenvalue weighted by atomic mass is 32.2. The minimum Gasteiger partial charge on any atom is -0.398 e. The number of aromatic nitrogens is 2. The summed E-state index contributed by atoms with van der Waals surface area (Å²) in [6.45, 7) is 2.06. The number of benzene rings is 1. The molecule has 0 amide bonds. The molecule has 0 atom stereocenters. The number of nitrogens with zero attached hydrogens (tertiary/aromatic N) is 2. The molecule has 0 unspecified atom stereocenters. The average Bonchev–Trinajstić information content (AvgIpc) is 3.10. The number of nitrogen functional groups attached to an aromatic ring is 1. The molecule has 0 radical (unpaired) electrons. The van der Waals surface area contributed by atoms with Crippen molar-refractivity contribution in [2.75, 3.05) is 5.73 Å². The van der Waals surface area contributed by atoms with E-state index < -0.39 is 0 Å². The standard InChI is InChI=1S/C13H15N3OS/c1-8-2-5-10(14)11(6-8)18-7-12-15-13(16-17-12)9-3-4-9/h2,5-6,9H,3-4,7,14H2,1H3. The van der Waals surface area contributed by atoms with Crippen molar-refractivity contribution < 1.29 is 4.52 Å². The van der Waals surface area contributed by atoms with Crippen LogP contribution in [0.4, 0.5) is 5.69 Å². The second-order valence-corrected chi connectivity index (χ2v) is 5.67. The molecule has 1 aromatic heterocycles. The van der Waals surface area contributed by atoms with Crippen LogP contribution in [0, 0.1) is 6.92 Å². The Morgan fingerprint density at radius 2 is 2.28 bits per heavy atom. The van der Waals surface area contributed by atoms with Gasteiger partial charge in [-0.15, -0.1) is 11.8 Å². The summed E-state index contributed by atoms with van der Waals surface area (Å²) >= 11 is 1.64. The molecule has 1 aromatic carbocycles. The molecule has 5 heteroatoms. The van der Waals surface area contributed by atoms with Crippen LogP contribution < -0.4 is 5.73 Å². The predicted molar refractivity (Wildman–Crippen MR) is 71.4 cm³/mol. The Hall–Kier alpha value is -1.49. The van der Waals surface area contributed by atoms with Crippen molar-refractivity contribution in [2.24, 2.45) is 0 Å². The van der Waals surface area contributed by atoms with E-state index in [1.165, 1.54) is 18.4 Å². The lowest BCUT2D eigenvalue weighted by Crippen LogP contribution is -1.90. The van der Waals surface area contributed by atoms with Crippen molar-refractivity contribution in [3.8, 4) is 0 Å². The molecule has 18 heavy (non-hydrogen) atoms. The summed E-state index contributed by atoms with van der Waals surface area (Å²) < 4.78 is 5.24. The summed E-state index contributed by atoms with van der Waals surface area (Å²) in [7, 11) is 0. The first-order valence-electron chi connectivity index (χ1n) is 6.04. The smallest absolute Gasteiger partial charge is 0.237 e. The van der Waals surface area contributed by atoms with Gasteiger partial charge in [0.1, 0.15) is 0 Å². The minimum absolute atomic E-state index is 0.538. The third-order valence-corrected chi connectivity index (χ3v) is 4.00. The zero-order valence-corrected chi connectivity index (χ0v) is 11.0. The van der Waals surface area contributed by atoms with Gasteiger partial charge >= 0.3 is 0 Å². The lowest BCUT2D eigenvalue weighted by molar-refractivity contribution is 0.385. The van der Waals surface area contributed by atoms with Crippen LogP contribution in [0.2, 0.25) is 0 Å². The Balaban J connectivity index is 1.67. The number of anilines is 1. The van der Waals surface area contributed by atoms with E-state index in [9.17, 15) is 0 Å². The van der Waals surface area contributed by atoms with Gasteiger partial charge in [-0.1, -0.05) is 11.2 Å². The number of rotatable bonds is 4. The van der Waals surface area contributed by atoms with Gasteiger partial charge in [0.25, 0.3) is 0 Å². The lowest BCUT2D eigenvalue weighted by atomic mass is 10.2. The summed E-state index contributed by atoms with van der Waals surface area (Å²) in [5, 5.41) is 4.00. The monoisotopic (exact) mass is 261 g/mol. The van der Waals surface area contributed by atoms with E-state index in [0.717, 1.165) is 16.4 Å². The molecule has 0 saturated heterocycles. The fourth-order valence-electron chi connectivity index (χ4n) is 1.74. The molecule has 1 saturated carbocycles. The summed E-state index contributed by atoms with van der Waals surface area (Å²) in [4.78, 5) is 5.47. The molecule has 0 bridgehead atoms. The van der Waals surface area contributed by atoms with Gasteiger partial charge < -0.3 is 10.3 Å².